The van der Waals surface area contributed by atoms with Crippen LogP contribution in [0.1, 0.15) is 5.56 Å². The third-order valence-corrected chi connectivity index (χ3v) is 3.63. The molecule has 7 nitrogen and oxygen atoms in total. The van der Waals surface area contributed by atoms with Gasteiger partial charge >= 0.3 is 0 Å². The number of rotatable bonds is 4. The van der Waals surface area contributed by atoms with Crippen molar-refractivity contribution in [1.29, 1.82) is 0 Å². The van der Waals surface area contributed by atoms with Crippen molar-refractivity contribution in [2.24, 2.45) is 5.41 Å². The molecule has 0 aromatic heterocycles. The van der Waals surface area contributed by atoms with Gasteiger partial charge in [-0.1, -0.05) is 30.3 Å². The van der Waals surface area contributed by atoms with Gasteiger partial charge in [-0.05, 0) is 12.0 Å². The molecule has 4 atom stereocenters. The maximum absolute atomic E-state index is 10.9. The summed E-state index contributed by atoms with van der Waals surface area (Å²) in [6.07, 6.45) is -4.34. The van der Waals surface area contributed by atoms with Gasteiger partial charge in [-0.15, -0.1) is 0 Å². The van der Waals surface area contributed by atoms with E-state index >= 15 is 0 Å². The van der Waals surface area contributed by atoms with E-state index in [9.17, 15) is 25.4 Å². The third-order valence-electron chi connectivity index (χ3n) is 3.63. The standard InChI is InChI=1S/C13H17NO6/c15-10-11(16)13(7-14(18)19,8-20-12(10)17)6-9-4-2-1-3-5-9/h1-5,10-12,15-17H,6-8H2/t10-,11-,12+,13+/m0/s1. The monoisotopic (exact) mass is 283 g/mol. The van der Waals surface area contributed by atoms with Crippen molar-refractivity contribution in [2.45, 2.75) is 24.9 Å². The summed E-state index contributed by atoms with van der Waals surface area (Å²) in [7, 11) is 0. The third kappa shape index (κ3) is 2.96. The second-order valence-electron chi connectivity index (χ2n) is 5.15. The van der Waals surface area contributed by atoms with E-state index in [0.717, 1.165) is 5.56 Å². The van der Waals surface area contributed by atoms with E-state index in [-0.39, 0.29) is 13.0 Å². The van der Waals surface area contributed by atoms with E-state index < -0.39 is 35.4 Å². The Hall–Kier alpha value is -1.54. The summed E-state index contributed by atoms with van der Waals surface area (Å²) in [6.45, 7) is -0.741. The number of nitrogens with zero attached hydrogens (tertiary/aromatic N) is 1. The van der Waals surface area contributed by atoms with Gasteiger partial charge in [0.25, 0.3) is 0 Å². The summed E-state index contributed by atoms with van der Waals surface area (Å²) in [5, 5.41) is 40.2. The van der Waals surface area contributed by atoms with E-state index in [2.05, 4.69) is 0 Å². The fraction of sp³-hybridized carbons (Fsp3) is 0.538. The lowest BCUT2D eigenvalue weighted by atomic mass is 9.73. The van der Waals surface area contributed by atoms with Crippen molar-refractivity contribution >= 4 is 0 Å². The first-order valence-electron chi connectivity index (χ1n) is 6.26. The molecule has 7 heteroatoms. The lowest BCUT2D eigenvalue weighted by Crippen LogP contribution is -2.60. The summed E-state index contributed by atoms with van der Waals surface area (Å²) >= 11 is 0. The second-order valence-corrected chi connectivity index (χ2v) is 5.15. The van der Waals surface area contributed by atoms with E-state index in [1.807, 2.05) is 6.07 Å². The first kappa shape index (κ1) is 14.9. The number of ether oxygens (including phenoxy) is 1. The molecule has 3 N–H and O–H groups in total. The topological polar surface area (TPSA) is 113 Å². The summed E-state index contributed by atoms with van der Waals surface area (Å²) in [4.78, 5) is 10.3. The molecule has 20 heavy (non-hydrogen) atoms. The summed E-state index contributed by atoms with van der Waals surface area (Å²) in [6, 6.07) is 8.96. The number of aliphatic hydroxyl groups is 3. The maximum atomic E-state index is 10.9. The molecule has 1 aromatic carbocycles. The van der Waals surface area contributed by atoms with Gasteiger partial charge in [-0.25, -0.2) is 0 Å². The Labute approximate surface area is 115 Å². The van der Waals surface area contributed by atoms with E-state index in [1.165, 1.54) is 0 Å². The van der Waals surface area contributed by atoms with Gasteiger partial charge in [0.1, 0.15) is 6.10 Å². The Morgan fingerprint density at radius 3 is 2.55 bits per heavy atom. The zero-order valence-corrected chi connectivity index (χ0v) is 10.8. The number of hydrogen-bond donors (Lipinski definition) is 3. The Morgan fingerprint density at radius 1 is 1.30 bits per heavy atom. The molecular formula is C13H17NO6. The van der Waals surface area contributed by atoms with Crippen LogP contribution in [0.3, 0.4) is 0 Å². The Kier molecular flexibility index (Phi) is 4.34. The molecule has 1 saturated heterocycles. The van der Waals surface area contributed by atoms with Crippen LogP contribution in [-0.4, -0.2) is 51.9 Å². The van der Waals surface area contributed by atoms with Gasteiger partial charge in [0.15, 0.2) is 6.29 Å². The van der Waals surface area contributed by atoms with Crippen LogP contribution in [0.2, 0.25) is 0 Å². The minimum Gasteiger partial charge on any atom is -0.389 e. The highest BCUT2D eigenvalue weighted by Gasteiger charge is 2.52. The fourth-order valence-corrected chi connectivity index (χ4v) is 2.56. The quantitative estimate of drug-likeness (QED) is 0.510. The van der Waals surface area contributed by atoms with E-state index in [1.54, 1.807) is 24.3 Å². The van der Waals surface area contributed by atoms with Crippen LogP contribution in [0.4, 0.5) is 0 Å². The maximum Gasteiger partial charge on any atom is 0.214 e. The highest BCUT2D eigenvalue weighted by molar-refractivity contribution is 5.18. The summed E-state index contributed by atoms with van der Waals surface area (Å²) < 4.78 is 4.99. The van der Waals surface area contributed by atoms with E-state index in [4.69, 9.17) is 4.74 Å². The predicted molar refractivity (Wildman–Crippen MR) is 68.4 cm³/mol. The molecule has 1 aliphatic heterocycles. The first-order valence-corrected chi connectivity index (χ1v) is 6.26. The molecule has 0 bridgehead atoms. The van der Waals surface area contributed by atoms with Gasteiger partial charge in [0.2, 0.25) is 6.54 Å². The molecule has 110 valence electrons. The normalized spacial score (nSPS) is 33.9. The molecule has 2 rings (SSSR count). The molecule has 1 heterocycles. The molecular weight excluding hydrogens is 266 g/mol. The predicted octanol–water partition coefficient (Wildman–Crippen LogP) is -0.437. The summed E-state index contributed by atoms with van der Waals surface area (Å²) in [5.74, 6) is 0. The van der Waals surface area contributed by atoms with Crippen LogP contribution < -0.4 is 0 Å². The molecule has 0 saturated carbocycles. The van der Waals surface area contributed by atoms with Crippen molar-refractivity contribution in [2.75, 3.05) is 13.2 Å². The van der Waals surface area contributed by atoms with Crippen LogP contribution in [0.15, 0.2) is 30.3 Å². The van der Waals surface area contributed by atoms with Gasteiger partial charge in [0, 0.05) is 4.92 Å². The van der Waals surface area contributed by atoms with Crippen molar-refractivity contribution in [1.82, 2.24) is 0 Å². The Bertz CT molecular complexity index is 467. The largest absolute Gasteiger partial charge is 0.389 e. The van der Waals surface area contributed by atoms with Crippen LogP contribution in [0.5, 0.6) is 0 Å². The number of benzene rings is 1. The Morgan fingerprint density at radius 2 is 1.95 bits per heavy atom. The van der Waals surface area contributed by atoms with Gasteiger partial charge < -0.3 is 20.1 Å². The number of aliphatic hydroxyl groups excluding tert-OH is 3. The average Bonchev–Trinajstić information content (AvgIpc) is 2.41. The molecule has 0 unspecified atom stereocenters. The van der Waals surface area contributed by atoms with E-state index in [0.29, 0.717) is 0 Å². The van der Waals surface area contributed by atoms with Gasteiger partial charge in [-0.2, -0.15) is 0 Å². The van der Waals surface area contributed by atoms with Crippen LogP contribution in [0, 0.1) is 15.5 Å². The molecule has 1 aromatic rings. The highest BCUT2D eigenvalue weighted by Crippen LogP contribution is 2.35. The van der Waals surface area contributed by atoms with Crippen molar-refractivity contribution in [3.8, 4) is 0 Å². The second kappa shape index (κ2) is 5.84. The first-order chi connectivity index (χ1) is 9.44. The average molecular weight is 283 g/mol. The zero-order valence-electron chi connectivity index (χ0n) is 10.8. The molecule has 1 fully saturated rings. The molecule has 1 aliphatic rings. The van der Waals surface area contributed by atoms with Crippen LogP contribution >= 0.6 is 0 Å². The molecule has 0 amide bonds. The zero-order chi connectivity index (χ0) is 14.8. The smallest absolute Gasteiger partial charge is 0.214 e. The lowest BCUT2D eigenvalue weighted by Gasteiger charge is -2.42. The van der Waals surface area contributed by atoms with Crippen molar-refractivity contribution in [3.63, 3.8) is 0 Å². The molecule has 0 radical (unpaired) electrons. The summed E-state index contributed by atoms with van der Waals surface area (Å²) in [5.41, 5.74) is -0.468. The number of nitro groups is 1. The van der Waals surface area contributed by atoms with Gasteiger partial charge in [-0.3, -0.25) is 10.1 Å². The minimum absolute atomic E-state index is 0.180. The lowest BCUT2D eigenvalue weighted by molar-refractivity contribution is -0.508. The minimum atomic E-state index is -1.56. The SMILES string of the molecule is O=[N+]([O-])C[C@]1(Cc2ccccc2)CO[C@@H](O)[C@@H](O)[C@@H]1O. The van der Waals surface area contributed by atoms with Gasteiger partial charge in [0.05, 0.1) is 18.1 Å². The highest BCUT2D eigenvalue weighted by atomic mass is 16.6. The van der Waals surface area contributed by atoms with Crippen molar-refractivity contribution in [3.05, 3.63) is 46.0 Å². The molecule has 0 aliphatic carbocycles. The van der Waals surface area contributed by atoms with Crippen LogP contribution in [-0.2, 0) is 11.2 Å². The van der Waals surface area contributed by atoms with Crippen LogP contribution in [0.25, 0.3) is 0 Å². The number of hydrogen-bond acceptors (Lipinski definition) is 6. The van der Waals surface area contributed by atoms with Crippen molar-refractivity contribution < 1.29 is 25.0 Å². The molecule has 0 spiro atoms. The Balaban J connectivity index is 2.28. The fourth-order valence-electron chi connectivity index (χ4n) is 2.56.